The summed E-state index contributed by atoms with van der Waals surface area (Å²) in [5, 5.41) is 0. The molecule has 1 rings (SSSR count). The van der Waals surface area contributed by atoms with Crippen LogP contribution in [-0.4, -0.2) is 27.9 Å². The van der Waals surface area contributed by atoms with E-state index in [1.807, 2.05) is 24.3 Å². The minimum atomic E-state index is 0.817. The van der Waals surface area contributed by atoms with Gasteiger partial charge in [0.15, 0.2) is 20.8 Å². The van der Waals surface area contributed by atoms with Crippen molar-refractivity contribution in [2.24, 2.45) is 0 Å². The van der Waals surface area contributed by atoms with Crippen LogP contribution in [-0.2, 0) is 0 Å². The number of hydrogen-bond acceptors (Lipinski definition) is 2. The SMILES string of the molecule is COc1ccccc1N([Si])[Si]. The molecule has 11 heavy (non-hydrogen) atoms. The standard InChI is InChI=1S/C7H7NOSi2/c1-9-7-5-3-2-4-6(7)8(10)11/h2-5H,1H3. The van der Waals surface area contributed by atoms with Crippen molar-refractivity contribution in [3.8, 4) is 5.75 Å². The van der Waals surface area contributed by atoms with Gasteiger partial charge in [0.05, 0.1) is 12.8 Å². The number of methoxy groups -OCH3 is 1. The third kappa shape index (κ3) is 1.84. The molecule has 0 saturated carbocycles. The third-order valence-corrected chi connectivity index (χ3v) is 1.81. The van der Waals surface area contributed by atoms with Gasteiger partial charge < -0.3 is 8.97 Å². The third-order valence-electron chi connectivity index (χ3n) is 1.33. The highest BCUT2D eigenvalue weighted by Gasteiger charge is 2.01. The van der Waals surface area contributed by atoms with E-state index in [0.717, 1.165) is 11.4 Å². The van der Waals surface area contributed by atoms with Crippen LogP contribution >= 0.6 is 0 Å². The van der Waals surface area contributed by atoms with Gasteiger partial charge in [-0.3, -0.25) is 0 Å². The van der Waals surface area contributed by atoms with Crippen molar-refractivity contribution in [2.75, 3.05) is 11.3 Å². The Labute approximate surface area is 73.2 Å². The lowest BCUT2D eigenvalue weighted by Crippen LogP contribution is -2.14. The zero-order chi connectivity index (χ0) is 8.27. The van der Waals surface area contributed by atoms with E-state index in [1.54, 1.807) is 11.3 Å². The number of rotatable bonds is 2. The summed E-state index contributed by atoms with van der Waals surface area (Å²) in [5.41, 5.74) is 0.934. The summed E-state index contributed by atoms with van der Waals surface area (Å²) >= 11 is 0. The predicted octanol–water partition coefficient (Wildman–Crippen LogP) is 0.669. The molecule has 0 unspecified atom stereocenters. The molecule has 0 aromatic heterocycles. The zero-order valence-electron chi connectivity index (χ0n) is 6.16. The van der Waals surface area contributed by atoms with E-state index in [2.05, 4.69) is 20.8 Å². The molecule has 0 spiro atoms. The van der Waals surface area contributed by atoms with Crippen molar-refractivity contribution < 1.29 is 4.74 Å². The summed E-state index contributed by atoms with van der Waals surface area (Å²) in [5.74, 6) is 0.817. The Kier molecular flexibility index (Phi) is 2.72. The summed E-state index contributed by atoms with van der Waals surface area (Å²) in [6.45, 7) is 0. The Morgan fingerprint density at radius 3 is 2.36 bits per heavy atom. The van der Waals surface area contributed by atoms with Crippen LogP contribution in [0.1, 0.15) is 0 Å². The van der Waals surface area contributed by atoms with E-state index in [1.165, 1.54) is 0 Å². The molecule has 0 saturated heterocycles. The summed E-state index contributed by atoms with van der Waals surface area (Å²) < 4.78 is 6.74. The van der Waals surface area contributed by atoms with Gasteiger partial charge in [-0.05, 0) is 12.1 Å². The maximum Gasteiger partial charge on any atom is 0.178 e. The monoisotopic (exact) mass is 177 g/mol. The molecule has 0 heterocycles. The Balaban J connectivity index is 3.02. The Morgan fingerprint density at radius 2 is 1.91 bits per heavy atom. The fourth-order valence-corrected chi connectivity index (χ4v) is 1.18. The first-order chi connectivity index (χ1) is 5.25. The molecule has 0 bridgehead atoms. The first kappa shape index (κ1) is 8.35. The highest BCUT2D eigenvalue weighted by Crippen LogP contribution is 2.24. The van der Waals surface area contributed by atoms with Gasteiger partial charge in [0.1, 0.15) is 5.75 Å². The molecule has 4 heteroatoms. The molecular formula is C7H7NOSi2. The number of hydrogen-bond donors (Lipinski definition) is 0. The summed E-state index contributed by atoms with van der Waals surface area (Å²) in [6, 6.07) is 7.68. The van der Waals surface area contributed by atoms with Gasteiger partial charge in [-0.1, -0.05) is 12.1 Å². The maximum absolute atomic E-state index is 5.10. The van der Waals surface area contributed by atoms with Crippen LogP contribution in [0.4, 0.5) is 5.69 Å². The molecule has 1 aromatic rings. The van der Waals surface area contributed by atoms with E-state index in [4.69, 9.17) is 4.74 Å². The molecule has 6 radical (unpaired) electrons. The number of ether oxygens (including phenoxy) is 1. The molecule has 0 aliphatic rings. The van der Waals surface area contributed by atoms with Gasteiger partial charge in [-0.2, -0.15) is 0 Å². The van der Waals surface area contributed by atoms with Crippen LogP contribution in [0.3, 0.4) is 0 Å². The molecular weight excluding hydrogens is 170 g/mol. The summed E-state index contributed by atoms with van der Waals surface area (Å²) in [7, 11) is 8.22. The van der Waals surface area contributed by atoms with Crippen molar-refractivity contribution >= 4 is 26.5 Å². The second kappa shape index (κ2) is 3.59. The van der Waals surface area contributed by atoms with E-state index in [9.17, 15) is 0 Å². The predicted molar refractivity (Wildman–Crippen MR) is 47.0 cm³/mol. The highest BCUT2D eigenvalue weighted by molar-refractivity contribution is 6.42. The van der Waals surface area contributed by atoms with Gasteiger partial charge in [0.25, 0.3) is 0 Å². The van der Waals surface area contributed by atoms with Gasteiger partial charge in [-0.15, -0.1) is 0 Å². The Bertz CT molecular complexity index is 240. The van der Waals surface area contributed by atoms with Crippen molar-refractivity contribution in [3.63, 3.8) is 0 Å². The van der Waals surface area contributed by atoms with Crippen LogP contribution in [0, 0.1) is 0 Å². The molecule has 2 nitrogen and oxygen atoms in total. The number of anilines is 1. The lowest BCUT2D eigenvalue weighted by atomic mass is 10.3. The summed E-state index contributed by atoms with van der Waals surface area (Å²) in [4.78, 5) is 0. The minimum Gasteiger partial charge on any atom is -0.495 e. The quantitative estimate of drug-likeness (QED) is 0.616. The molecule has 1 aromatic carbocycles. The molecule has 54 valence electrons. The lowest BCUT2D eigenvalue weighted by Gasteiger charge is -2.15. The van der Waals surface area contributed by atoms with Gasteiger partial charge in [-0.25, -0.2) is 0 Å². The molecule has 0 fully saturated rings. The van der Waals surface area contributed by atoms with Gasteiger partial charge in [0, 0.05) is 0 Å². The zero-order valence-corrected chi connectivity index (χ0v) is 8.16. The molecule has 0 amide bonds. The second-order valence-electron chi connectivity index (χ2n) is 2.01. The molecule has 0 atom stereocenters. The van der Waals surface area contributed by atoms with Crippen molar-refractivity contribution in [1.82, 2.24) is 0 Å². The van der Waals surface area contributed by atoms with Crippen LogP contribution in [0.25, 0.3) is 0 Å². The number of benzene rings is 1. The topological polar surface area (TPSA) is 12.5 Å². The minimum absolute atomic E-state index is 0.817. The fraction of sp³-hybridized carbons (Fsp3) is 0.143. The number of nitrogens with zero attached hydrogens (tertiary/aromatic N) is 1. The second-order valence-corrected chi connectivity index (χ2v) is 3.35. The van der Waals surface area contributed by atoms with Crippen molar-refractivity contribution in [2.45, 2.75) is 0 Å². The smallest absolute Gasteiger partial charge is 0.178 e. The van der Waals surface area contributed by atoms with Crippen LogP contribution in [0.15, 0.2) is 24.3 Å². The maximum atomic E-state index is 5.10. The highest BCUT2D eigenvalue weighted by atomic mass is 28.2. The first-order valence-corrected chi connectivity index (χ1v) is 4.00. The average Bonchev–Trinajstić information content (AvgIpc) is 2.04. The lowest BCUT2D eigenvalue weighted by molar-refractivity contribution is 0.416. The first-order valence-electron chi connectivity index (χ1n) is 3.11. The molecule has 0 N–H and O–H groups in total. The van der Waals surface area contributed by atoms with Crippen LogP contribution in [0.5, 0.6) is 5.75 Å². The van der Waals surface area contributed by atoms with E-state index in [0.29, 0.717) is 0 Å². The Morgan fingerprint density at radius 1 is 1.27 bits per heavy atom. The molecule has 0 aliphatic heterocycles. The van der Waals surface area contributed by atoms with E-state index in [-0.39, 0.29) is 0 Å². The van der Waals surface area contributed by atoms with E-state index < -0.39 is 0 Å². The fourth-order valence-electron chi connectivity index (χ4n) is 0.815. The normalized spacial score (nSPS) is 9.36. The van der Waals surface area contributed by atoms with Gasteiger partial charge >= 0.3 is 0 Å². The van der Waals surface area contributed by atoms with Crippen molar-refractivity contribution in [1.29, 1.82) is 0 Å². The summed E-state index contributed by atoms with van der Waals surface area (Å²) in [6.07, 6.45) is 0. The van der Waals surface area contributed by atoms with Crippen molar-refractivity contribution in [3.05, 3.63) is 24.3 Å². The number of para-hydroxylation sites is 2. The largest absolute Gasteiger partial charge is 0.495 e. The molecule has 0 aliphatic carbocycles. The van der Waals surface area contributed by atoms with Crippen LogP contribution in [0.2, 0.25) is 0 Å². The van der Waals surface area contributed by atoms with E-state index >= 15 is 0 Å². The van der Waals surface area contributed by atoms with Gasteiger partial charge in [0.2, 0.25) is 0 Å². The van der Waals surface area contributed by atoms with Crippen LogP contribution < -0.4 is 8.97 Å². The Hall–Kier alpha value is -0.746. The average molecular weight is 177 g/mol.